The van der Waals surface area contributed by atoms with E-state index in [1.807, 2.05) is 0 Å². The Balaban J connectivity index is 1.79. The summed E-state index contributed by atoms with van der Waals surface area (Å²) in [6.45, 7) is 2.72. The SMILES string of the molecule is Cc1nn(C)c(S(=O)(=O)N2CC3(CCC3)C3COCC32)c1C(F)F. The van der Waals surface area contributed by atoms with Crippen LogP contribution in [-0.4, -0.2) is 48.3 Å². The zero-order valence-electron chi connectivity index (χ0n) is 13.7. The molecule has 0 aromatic carbocycles. The van der Waals surface area contributed by atoms with E-state index in [0.29, 0.717) is 19.8 Å². The minimum atomic E-state index is -4.05. The molecular weight excluding hydrogens is 340 g/mol. The van der Waals surface area contributed by atoms with Crippen molar-refractivity contribution in [3.05, 3.63) is 11.3 Å². The van der Waals surface area contributed by atoms with E-state index in [2.05, 4.69) is 5.10 Å². The average molecular weight is 361 g/mol. The second kappa shape index (κ2) is 5.22. The lowest BCUT2D eigenvalue weighted by molar-refractivity contribution is 0.0600. The maximum atomic E-state index is 13.5. The van der Waals surface area contributed by atoms with Crippen LogP contribution in [0, 0.1) is 18.3 Å². The molecule has 9 heteroatoms. The van der Waals surface area contributed by atoms with Gasteiger partial charge in [-0.15, -0.1) is 0 Å². The van der Waals surface area contributed by atoms with Gasteiger partial charge >= 0.3 is 0 Å². The Morgan fingerprint density at radius 3 is 2.62 bits per heavy atom. The summed E-state index contributed by atoms with van der Waals surface area (Å²) in [5.41, 5.74) is -0.460. The number of hydrogen-bond acceptors (Lipinski definition) is 4. The van der Waals surface area contributed by atoms with E-state index >= 15 is 0 Å². The molecule has 1 aromatic heterocycles. The molecule has 0 bridgehead atoms. The van der Waals surface area contributed by atoms with E-state index in [9.17, 15) is 17.2 Å². The molecule has 24 heavy (non-hydrogen) atoms. The van der Waals surface area contributed by atoms with Gasteiger partial charge < -0.3 is 4.74 Å². The molecule has 2 aliphatic heterocycles. The van der Waals surface area contributed by atoms with Crippen molar-refractivity contribution in [1.29, 1.82) is 0 Å². The summed E-state index contributed by atoms with van der Waals surface area (Å²) in [5.74, 6) is 0.172. The van der Waals surface area contributed by atoms with E-state index in [-0.39, 0.29) is 28.1 Å². The Bertz CT molecular complexity index is 773. The van der Waals surface area contributed by atoms with E-state index in [0.717, 1.165) is 23.9 Å². The zero-order chi connectivity index (χ0) is 17.3. The molecule has 134 valence electrons. The summed E-state index contributed by atoms with van der Waals surface area (Å²) in [6, 6.07) is -0.254. The Hall–Kier alpha value is -1.06. The monoisotopic (exact) mass is 361 g/mol. The molecule has 1 aromatic rings. The number of ether oxygens (including phenoxy) is 1. The van der Waals surface area contributed by atoms with Crippen molar-refractivity contribution in [3.63, 3.8) is 0 Å². The first-order valence-electron chi connectivity index (χ1n) is 8.19. The van der Waals surface area contributed by atoms with Crippen LogP contribution in [0.4, 0.5) is 8.78 Å². The van der Waals surface area contributed by atoms with Crippen LogP contribution in [0.2, 0.25) is 0 Å². The maximum Gasteiger partial charge on any atom is 0.268 e. The zero-order valence-corrected chi connectivity index (χ0v) is 14.5. The third-order valence-corrected chi connectivity index (χ3v) is 8.00. The van der Waals surface area contributed by atoms with Crippen molar-refractivity contribution in [2.24, 2.45) is 18.4 Å². The van der Waals surface area contributed by atoms with Gasteiger partial charge in [0, 0.05) is 19.5 Å². The number of sulfonamides is 1. The third-order valence-electron chi connectivity index (χ3n) is 6.01. The molecular formula is C15H21F2N3O3S. The smallest absolute Gasteiger partial charge is 0.268 e. The fourth-order valence-electron chi connectivity index (χ4n) is 4.70. The Morgan fingerprint density at radius 2 is 2.04 bits per heavy atom. The first kappa shape index (κ1) is 16.4. The topological polar surface area (TPSA) is 64.4 Å². The molecule has 1 aliphatic carbocycles. The van der Waals surface area contributed by atoms with Crippen molar-refractivity contribution in [2.45, 2.75) is 43.7 Å². The number of fused-ring (bicyclic) bond motifs is 2. The number of hydrogen-bond donors (Lipinski definition) is 0. The minimum absolute atomic E-state index is 0.0349. The fraction of sp³-hybridized carbons (Fsp3) is 0.800. The highest BCUT2D eigenvalue weighted by Gasteiger charge is 2.60. The summed E-state index contributed by atoms with van der Waals surface area (Å²) in [6.07, 6.45) is 0.176. The molecule has 3 fully saturated rings. The molecule has 3 aliphatic rings. The Kier molecular flexibility index (Phi) is 3.57. The van der Waals surface area contributed by atoms with Gasteiger partial charge in [-0.05, 0) is 25.2 Å². The number of aromatic nitrogens is 2. The van der Waals surface area contributed by atoms with Gasteiger partial charge in [0.2, 0.25) is 0 Å². The molecule has 0 amide bonds. The Morgan fingerprint density at radius 1 is 1.33 bits per heavy atom. The fourth-order valence-corrected chi connectivity index (χ4v) is 6.80. The van der Waals surface area contributed by atoms with Crippen LogP contribution in [0.25, 0.3) is 0 Å². The summed E-state index contributed by atoms with van der Waals surface area (Å²) < 4.78 is 61.4. The lowest BCUT2D eigenvalue weighted by Gasteiger charge is -2.42. The minimum Gasteiger partial charge on any atom is -0.379 e. The molecule has 0 N–H and O–H groups in total. The first-order valence-corrected chi connectivity index (χ1v) is 9.63. The molecule has 2 atom stereocenters. The third kappa shape index (κ3) is 2.04. The lowest BCUT2D eigenvalue weighted by atomic mass is 9.62. The van der Waals surface area contributed by atoms with Crippen molar-refractivity contribution in [3.8, 4) is 0 Å². The predicted molar refractivity (Wildman–Crippen MR) is 81.2 cm³/mol. The number of halogens is 2. The Labute approximate surface area is 139 Å². The van der Waals surface area contributed by atoms with Gasteiger partial charge in [0.05, 0.1) is 30.5 Å². The van der Waals surface area contributed by atoms with E-state index < -0.39 is 22.0 Å². The van der Waals surface area contributed by atoms with Crippen LogP contribution in [0.15, 0.2) is 5.03 Å². The molecule has 3 heterocycles. The molecule has 0 radical (unpaired) electrons. The van der Waals surface area contributed by atoms with Crippen molar-refractivity contribution >= 4 is 10.0 Å². The molecule has 1 saturated carbocycles. The van der Waals surface area contributed by atoms with Crippen LogP contribution >= 0.6 is 0 Å². The lowest BCUT2D eigenvalue weighted by Crippen LogP contribution is -2.40. The summed E-state index contributed by atoms with van der Waals surface area (Å²) in [7, 11) is -2.65. The van der Waals surface area contributed by atoms with Crippen LogP contribution in [0.5, 0.6) is 0 Å². The standard InChI is InChI=1S/C15H21F2N3O3S/c1-9-12(13(16)17)14(19(2)18-9)24(21,22)20-8-15(4-3-5-15)10-6-23-7-11(10)20/h10-11,13H,3-8H2,1-2H3. The second-order valence-electron chi connectivity index (χ2n) is 7.21. The predicted octanol–water partition coefficient (Wildman–Crippen LogP) is 1.86. The highest BCUT2D eigenvalue weighted by atomic mass is 32.2. The molecule has 6 nitrogen and oxygen atoms in total. The quantitative estimate of drug-likeness (QED) is 0.824. The van der Waals surface area contributed by atoms with Gasteiger partial charge in [-0.25, -0.2) is 17.2 Å². The van der Waals surface area contributed by atoms with Crippen molar-refractivity contribution in [2.75, 3.05) is 19.8 Å². The van der Waals surface area contributed by atoms with Crippen LogP contribution < -0.4 is 0 Å². The van der Waals surface area contributed by atoms with Gasteiger partial charge in [-0.3, -0.25) is 4.68 Å². The number of rotatable bonds is 3. The largest absolute Gasteiger partial charge is 0.379 e. The number of aryl methyl sites for hydroxylation is 2. The van der Waals surface area contributed by atoms with Crippen molar-refractivity contribution < 1.29 is 21.9 Å². The highest BCUT2D eigenvalue weighted by Crippen LogP contribution is 2.57. The molecule has 1 spiro atoms. The first-order chi connectivity index (χ1) is 11.3. The summed E-state index contributed by atoms with van der Waals surface area (Å²) in [5, 5.41) is 3.55. The number of nitrogens with zero attached hydrogens (tertiary/aromatic N) is 3. The van der Waals surface area contributed by atoms with E-state index in [4.69, 9.17) is 4.74 Å². The van der Waals surface area contributed by atoms with E-state index in [1.165, 1.54) is 18.3 Å². The highest BCUT2D eigenvalue weighted by molar-refractivity contribution is 7.89. The molecule has 2 saturated heterocycles. The maximum absolute atomic E-state index is 13.5. The molecule has 2 unspecified atom stereocenters. The van der Waals surface area contributed by atoms with Crippen LogP contribution in [0.1, 0.15) is 36.9 Å². The van der Waals surface area contributed by atoms with E-state index in [1.54, 1.807) is 0 Å². The summed E-state index contributed by atoms with van der Waals surface area (Å²) in [4.78, 5) is 0. The van der Waals surface area contributed by atoms with Gasteiger partial charge in [0.25, 0.3) is 16.4 Å². The summed E-state index contributed by atoms with van der Waals surface area (Å²) >= 11 is 0. The van der Waals surface area contributed by atoms with Crippen LogP contribution in [0.3, 0.4) is 0 Å². The molecule has 4 rings (SSSR count). The number of alkyl halides is 2. The van der Waals surface area contributed by atoms with Crippen LogP contribution in [-0.2, 0) is 21.8 Å². The average Bonchev–Trinajstić information content (AvgIpc) is 3.08. The van der Waals surface area contributed by atoms with Crippen molar-refractivity contribution in [1.82, 2.24) is 14.1 Å². The van der Waals surface area contributed by atoms with Gasteiger partial charge in [-0.1, -0.05) is 6.42 Å². The second-order valence-corrected chi connectivity index (χ2v) is 9.01. The van der Waals surface area contributed by atoms with Gasteiger partial charge in [-0.2, -0.15) is 9.40 Å². The normalized spacial score (nSPS) is 29.4. The van der Waals surface area contributed by atoms with Gasteiger partial charge in [0.1, 0.15) is 0 Å². The van der Waals surface area contributed by atoms with Gasteiger partial charge in [0.15, 0.2) is 5.03 Å².